The molecule has 5 heteroatoms. The first-order valence-corrected chi connectivity index (χ1v) is 6.48. The van der Waals surface area contributed by atoms with E-state index in [1.165, 1.54) is 4.88 Å². The summed E-state index contributed by atoms with van der Waals surface area (Å²) in [4.78, 5) is 3.38. The lowest BCUT2D eigenvalue weighted by atomic mass is 10.2. The van der Waals surface area contributed by atoms with Gasteiger partial charge in [0.05, 0.1) is 12.6 Å². The van der Waals surface area contributed by atoms with Crippen molar-refractivity contribution in [1.29, 1.82) is 0 Å². The zero-order chi connectivity index (χ0) is 12.0. The van der Waals surface area contributed by atoms with Gasteiger partial charge in [-0.25, -0.2) is 0 Å². The fraction of sp³-hybridized carbons (Fsp3) is 0.545. The molecule has 90 valence electrons. The number of ether oxygens (including phenoxy) is 1. The molecule has 1 N–H and O–H groups in total. The van der Waals surface area contributed by atoms with E-state index in [0.717, 1.165) is 11.7 Å². The quantitative estimate of drug-likeness (QED) is 0.647. The molecular formula is C11H18N2OS2. The highest BCUT2D eigenvalue weighted by Crippen LogP contribution is 2.23. The number of rotatable bonds is 5. The van der Waals surface area contributed by atoms with Gasteiger partial charge in [0.2, 0.25) is 0 Å². The zero-order valence-electron chi connectivity index (χ0n) is 9.90. The van der Waals surface area contributed by atoms with E-state index in [1.54, 1.807) is 18.4 Å². The Morgan fingerprint density at radius 2 is 2.44 bits per heavy atom. The molecule has 0 saturated heterocycles. The van der Waals surface area contributed by atoms with Crippen LogP contribution in [0.25, 0.3) is 0 Å². The van der Waals surface area contributed by atoms with Crippen LogP contribution in [-0.2, 0) is 4.74 Å². The van der Waals surface area contributed by atoms with Crippen LogP contribution < -0.4 is 5.32 Å². The Hall–Kier alpha value is -0.650. The normalized spacial score (nSPS) is 12.2. The average Bonchev–Trinajstić information content (AvgIpc) is 2.80. The molecule has 1 heterocycles. The second kappa shape index (κ2) is 6.83. The minimum Gasteiger partial charge on any atom is -0.383 e. The Morgan fingerprint density at radius 1 is 1.69 bits per heavy atom. The van der Waals surface area contributed by atoms with Crippen LogP contribution in [0.15, 0.2) is 17.5 Å². The van der Waals surface area contributed by atoms with Crippen LogP contribution in [0.1, 0.15) is 17.8 Å². The first kappa shape index (κ1) is 13.4. The van der Waals surface area contributed by atoms with E-state index in [-0.39, 0.29) is 0 Å². The van der Waals surface area contributed by atoms with Crippen LogP contribution in [0, 0.1) is 0 Å². The second-order valence-corrected chi connectivity index (χ2v) is 4.89. The molecule has 1 rings (SSSR count). The molecule has 0 spiro atoms. The van der Waals surface area contributed by atoms with Gasteiger partial charge in [-0.05, 0) is 30.6 Å². The summed E-state index contributed by atoms with van der Waals surface area (Å²) in [7, 11) is 3.69. The number of nitrogens with one attached hydrogen (secondary N) is 1. The number of methoxy groups -OCH3 is 1. The highest BCUT2D eigenvalue weighted by Gasteiger charge is 2.14. The van der Waals surface area contributed by atoms with Gasteiger partial charge in [0.1, 0.15) is 0 Å². The van der Waals surface area contributed by atoms with Crippen molar-refractivity contribution in [2.45, 2.75) is 13.0 Å². The zero-order valence-corrected chi connectivity index (χ0v) is 11.5. The summed E-state index contributed by atoms with van der Waals surface area (Å²) in [5, 5.41) is 6.01. The molecule has 1 aromatic heterocycles. The van der Waals surface area contributed by atoms with E-state index in [2.05, 4.69) is 34.7 Å². The van der Waals surface area contributed by atoms with Gasteiger partial charge in [0.25, 0.3) is 0 Å². The minimum atomic E-state index is 0.308. The summed E-state index contributed by atoms with van der Waals surface area (Å²) >= 11 is 7.06. The molecule has 1 unspecified atom stereocenters. The molecule has 0 fully saturated rings. The van der Waals surface area contributed by atoms with Crippen molar-refractivity contribution in [3.05, 3.63) is 22.4 Å². The maximum atomic E-state index is 5.30. The van der Waals surface area contributed by atoms with E-state index in [0.29, 0.717) is 12.6 Å². The van der Waals surface area contributed by atoms with Crippen LogP contribution in [0.3, 0.4) is 0 Å². The van der Waals surface area contributed by atoms with E-state index < -0.39 is 0 Å². The molecule has 0 bridgehead atoms. The Bertz CT molecular complexity index is 314. The summed E-state index contributed by atoms with van der Waals surface area (Å²) < 4.78 is 4.97. The van der Waals surface area contributed by atoms with Gasteiger partial charge < -0.3 is 15.0 Å². The van der Waals surface area contributed by atoms with Crippen LogP contribution in [0.2, 0.25) is 0 Å². The van der Waals surface area contributed by atoms with E-state index in [1.807, 2.05) is 7.05 Å². The molecule has 0 aliphatic carbocycles. The summed E-state index contributed by atoms with van der Waals surface area (Å²) in [6.45, 7) is 3.56. The Labute approximate surface area is 106 Å². The van der Waals surface area contributed by atoms with Gasteiger partial charge in [-0.15, -0.1) is 11.3 Å². The fourth-order valence-corrected chi connectivity index (χ4v) is 2.37. The summed E-state index contributed by atoms with van der Waals surface area (Å²) in [6.07, 6.45) is 0. The van der Waals surface area contributed by atoms with Gasteiger partial charge in [-0.1, -0.05) is 6.07 Å². The molecule has 1 atom stereocenters. The van der Waals surface area contributed by atoms with E-state index in [4.69, 9.17) is 17.0 Å². The maximum absolute atomic E-state index is 5.30. The molecule has 0 aromatic carbocycles. The average molecular weight is 258 g/mol. The third-order valence-electron chi connectivity index (χ3n) is 2.44. The minimum absolute atomic E-state index is 0.308. The van der Waals surface area contributed by atoms with Gasteiger partial charge in [-0.3, -0.25) is 0 Å². The molecule has 0 aliphatic rings. The van der Waals surface area contributed by atoms with E-state index >= 15 is 0 Å². The SMILES string of the molecule is COCCNC(=S)N(C)C(C)c1cccs1. The number of thiocarbonyl (C=S) groups is 1. The van der Waals surface area contributed by atoms with Gasteiger partial charge in [0.15, 0.2) is 5.11 Å². The van der Waals surface area contributed by atoms with Gasteiger partial charge >= 0.3 is 0 Å². The lowest BCUT2D eigenvalue weighted by Crippen LogP contribution is -2.39. The third kappa shape index (κ3) is 3.73. The molecule has 0 aliphatic heterocycles. The Morgan fingerprint density at radius 3 is 3.00 bits per heavy atom. The summed E-state index contributed by atoms with van der Waals surface area (Å²) in [6, 6.07) is 4.50. The highest BCUT2D eigenvalue weighted by molar-refractivity contribution is 7.80. The monoisotopic (exact) mass is 258 g/mol. The summed E-state index contributed by atoms with van der Waals surface area (Å²) in [5.41, 5.74) is 0. The number of thiophene rings is 1. The number of nitrogens with zero attached hydrogens (tertiary/aromatic N) is 1. The van der Waals surface area contributed by atoms with Gasteiger partial charge in [0, 0.05) is 25.6 Å². The van der Waals surface area contributed by atoms with Crippen LogP contribution in [-0.4, -0.2) is 37.3 Å². The molecule has 0 amide bonds. The Kier molecular flexibility index (Phi) is 5.73. The Balaban J connectivity index is 2.44. The molecule has 1 aromatic rings. The van der Waals surface area contributed by atoms with Crippen molar-refractivity contribution >= 4 is 28.7 Å². The smallest absolute Gasteiger partial charge is 0.169 e. The predicted molar refractivity (Wildman–Crippen MR) is 73.0 cm³/mol. The second-order valence-electron chi connectivity index (χ2n) is 3.53. The molecule has 3 nitrogen and oxygen atoms in total. The topological polar surface area (TPSA) is 24.5 Å². The van der Waals surface area contributed by atoms with Crippen LogP contribution in [0.4, 0.5) is 0 Å². The highest BCUT2D eigenvalue weighted by atomic mass is 32.1. The van der Waals surface area contributed by atoms with Crippen molar-refractivity contribution in [2.75, 3.05) is 27.3 Å². The lowest BCUT2D eigenvalue weighted by molar-refractivity contribution is 0.203. The first-order valence-electron chi connectivity index (χ1n) is 5.19. The van der Waals surface area contributed by atoms with Crippen molar-refractivity contribution in [3.63, 3.8) is 0 Å². The molecule has 0 radical (unpaired) electrons. The standard InChI is InChI=1S/C11H18N2OS2/c1-9(10-5-4-8-16-10)13(2)11(15)12-6-7-14-3/h4-5,8-9H,6-7H2,1-3H3,(H,12,15). The van der Waals surface area contributed by atoms with Crippen molar-refractivity contribution < 1.29 is 4.74 Å². The first-order chi connectivity index (χ1) is 7.66. The molecular weight excluding hydrogens is 240 g/mol. The number of hydrogen-bond acceptors (Lipinski definition) is 3. The third-order valence-corrected chi connectivity index (χ3v) is 3.91. The fourth-order valence-electron chi connectivity index (χ4n) is 1.28. The predicted octanol–water partition coefficient (Wildman–Crippen LogP) is 2.26. The van der Waals surface area contributed by atoms with Crippen molar-refractivity contribution in [2.24, 2.45) is 0 Å². The van der Waals surface area contributed by atoms with Crippen molar-refractivity contribution in [1.82, 2.24) is 10.2 Å². The largest absolute Gasteiger partial charge is 0.383 e. The van der Waals surface area contributed by atoms with Crippen LogP contribution in [0.5, 0.6) is 0 Å². The summed E-state index contributed by atoms with van der Waals surface area (Å²) in [5.74, 6) is 0. The molecule has 16 heavy (non-hydrogen) atoms. The maximum Gasteiger partial charge on any atom is 0.169 e. The van der Waals surface area contributed by atoms with Gasteiger partial charge in [-0.2, -0.15) is 0 Å². The lowest BCUT2D eigenvalue weighted by Gasteiger charge is -2.27. The van der Waals surface area contributed by atoms with Crippen LogP contribution >= 0.6 is 23.6 Å². The molecule has 0 saturated carbocycles. The van der Waals surface area contributed by atoms with Crippen molar-refractivity contribution in [3.8, 4) is 0 Å². The number of hydrogen-bond donors (Lipinski definition) is 1. The van der Waals surface area contributed by atoms with E-state index in [9.17, 15) is 0 Å².